The third kappa shape index (κ3) is 8.58. The Kier molecular flexibility index (Phi) is 11.7. The zero-order chi connectivity index (χ0) is 20.5. The van der Waals surface area contributed by atoms with Gasteiger partial charge >= 0.3 is 0 Å². The van der Waals surface area contributed by atoms with Crippen molar-refractivity contribution >= 4 is 47.4 Å². The van der Waals surface area contributed by atoms with Crippen LogP contribution in [0.5, 0.6) is 5.75 Å². The van der Waals surface area contributed by atoms with Crippen LogP contribution < -0.4 is 15.4 Å². The van der Waals surface area contributed by atoms with Gasteiger partial charge in [-0.05, 0) is 38.8 Å². The third-order valence-corrected chi connectivity index (χ3v) is 4.97. The molecule has 1 atom stereocenters. The maximum atomic E-state index is 12.1. The van der Waals surface area contributed by atoms with E-state index < -0.39 is 0 Å². The minimum atomic E-state index is -0.0964. The molecule has 2 rings (SSSR count). The molecule has 1 aromatic rings. The normalized spacial score (nSPS) is 16.2. The van der Waals surface area contributed by atoms with Crippen molar-refractivity contribution in [2.45, 2.75) is 52.7 Å². The number of para-hydroxylation sites is 1. The fraction of sp³-hybridized carbons (Fsp3) is 0.619. The van der Waals surface area contributed by atoms with E-state index in [1.54, 1.807) is 0 Å². The molecular weight excluding hydrogens is 503 g/mol. The maximum absolute atomic E-state index is 12.1. The van der Waals surface area contributed by atoms with Crippen LogP contribution >= 0.6 is 35.6 Å². The molecule has 1 aliphatic heterocycles. The number of rotatable bonds is 7. The van der Waals surface area contributed by atoms with E-state index >= 15 is 0 Å². The topological polar surface area (TPSA) is 66.0 Å². The highest BCUT2D eigenvalue weighted by Crippen LogP contribution is 2.24. The summed E-state index contributed by atoms with van der Waals surface area (Å²) in [6, 6.07) is 7.77. The highest BCUT2D eigenvalue weighted by Gasteiger charge is 2.24. The molecule has 6 nitrogen and oxygen atoms in total. The first-order valence-electron chi connectivity index (χ1n) is 10.2. The SMILES string of the molecule is CCNC(=NCC(C)Oc1ccccc1Cl)NC1CCN(C(=O)C(C)C)CC1.I. The second-order valence-electron chi connectivity index (χ2n) is 7.48. The molecule has 0 radical (unpaired) electrons. The maximum Gasteiger partial charge on any atom is 0.225 e. The van der Waals surface area contributed by atoms with E-state index in [0.717, 1.165) is 38.4 Å². The summed E-state index contributed by atoms with van der Waals surface area (Å²) in [5, 5.41) is 7.39. The van der Waals surface area contributed by atoms with Crippen LogP contribution in [0, 0.1) is 5.92 Å². The van der Waals surface area contributed by atoms with E-state index in [1.807, 2.05) is 56.9 Å². The van der Waals surface area contributed by atoms with Crippen molar-refractivity contribution in [2.24, 2.45) is 10.9 Å². The minimum absolute atomic E-state index is 0. The molecule has 1 fully saturated rings. The van der Waals surface area contributed by atoms with Crippen LogP contribution in [0.25, 0.3) is 0 Å². The zero-order valence-corrected chi connectivity index (χ0v) is 20.9. The number of ether oxygens (including phenoxy) is 1. The number of nitrogens with one attached hydrogen (secondary N) is 2. The predicted molar refractivity (Wildman–Crippen MR) is 131 cm³/mol. The van der Waals surface area contributed by atoms with Crippen LogP contribution in [-0.4, -0.2) is 55.1 Å². The van der Waals surface area contributed by atoms with Gasteiger partial charge in [0.1, 0.15) is 11.9 Å². The number of likely N-dealkylation sites (tertiary alicyclic amines) is 1. The second kappa shape index (κ2) is 13.2. The summed E-state index contributed by atoms with van der Waals surface area (Å²) in [7, 11) is 0. The predicted octanol–water partition coefficient (Wildman–Crippen LogP) is 3.93. The standard InChI is InChI=1S/C21H33ClN4O2.HI/c1-5-23-21(24-14-16(4)28-19-9-7-6-8-18(19)22)25-17-10-12-26(13-11-17)20(27)15(2)3;/h6-9,15-17H,5,10-14H2,1-4H3,(H2,23,24,25);1H. The Hall–Kier alpha value is -1.22. The van der Waals surface area contributed by atoms with E-state index in [1.165, 1.54) is 0 Å². The zero-order valence-electron chi connectivity index (χ0n) is 17.8. The van der Waals surface area contributed by atoms with Crippen molar-refractivity contribution in [1.29, 1.82) is 0 Å². The van der Waals surface area contributed by atoms with Gasteiger partial charge in [0.2, 0.25) is 5.91 Å². The van der Waals surface area contributed by atoms with Crippen molar-refractivity contribution in [3.05, 3.63) is 29.3 Å². The number of aliphatic imine (C=N–C) groups is 1. The van der Waals surface area contributed by atoms with Gasteiger partial charge in [-0.15, -0.1) is 24.0 Å². The lowest BCUT2D eigenvalue weighted by molar-refractivity contribution is -0.135. The number of guanidine groups is 1. The molecule has 2 N–H and O–H groups in total. The average molecular weight is 537 g/mol. The molecule has 1 saturated heterocycles. The minimum Gasteiger partial charge on any atom is -0.487 e. The summed E-state index contributed by atoms with van der Waals surface area (Å²) >= 11 is 6.15. The first kappa shape index (κ1) is 25.8. The van der Waals surface area contributed by atoms with Gasteiger partial charge in [0.05, 0.1) is 11.6 Å². The number of piperidine rings is 1. The Morgan fingerprint density at radius 1 is 1.28 bits per heavy atom. The lowest BCUT2D eigenvalue weighted by atomic mass is 10.0. The Labute approximate surface area is 196 Å². The van der Waals surface area contributed by atoms with Gasteiger partial charge in [-0.3, -0.25) is 4.79 Å². The van der Waals surface area contributed by atoms with Gasteiger partial charge in [-0.2, -0.15) is 0 Å². The molecule has 8 heteroatoms. The first-order valence-corrected chi connectivity index (χ1v) is 10.5. The molecule has 0 aromatic heterocycles. The van der Waals surface area contributed by atoms with Crippen LogP contribution in [0.4, 0.5) is 0 Å². The van der Waals surface area contributed by atoms with Gasteiger partial charge in [0, 0.05) is 31.6 Å². The van der Waals surface area contributed by atoms with Crippen molar-refractivity contribution < 1.29 is 9.53 Å². The van der Waals surface area contributed by atoms with Gasteiger partial charge in [-0.25, -0.2) is 4.99 Å². The summed E-state index contributed by atoms with van der Waals surface area (Å²) in [6.45, 7) is 10.8. The number of hydrogen-bond acceptors (Lipinski definition) is 3. The molecule has 164 valence electrons. The monoisotopic (exact) mass is 536 g/mol. The number of nitrogens with zero attached hydrogens (tertiary/aromatic N) is 2. The Bertz CT molecular complexity index is 664. The highest BCUT2D eigenvalue weighted by atomic mass is 127. The molecule has 29 heavy (non-hydrogen) atoms. The lowest BCUT2D eigenvalue weighted by Crippen LogP contribution is -2.50. The Balaban J connectivity index is 0.00000420. The molecular formula is C21H34ClIN4O2. The highest BCUT2D eigenvalue weighted by molar-refractivity contribution is 14.0. The Morgan fingerprint density at radius 3 is 2.52 bits per heavy atom. The molecule has 0 bridgehead atoms. The lowest BCUT2D eigenvalue weighted by Gasteiger charge is -2.34. The second-order valence-corrected chi connectivity index (χ2v) is 7.88. The number of carbonyl (C=O) groups is 1. The van der Waals surface area contributed by atoms with Crippen LogP contribution in [0.2, 0.25) is 5.02 Å². The summed E-state index contributed by atoms with van der Waals surface area (Å²) in [4.78, 5) is 18.8. The van der Waals surface area contributed by atoms with E-state index in [-0.39, 0.29) is 41.9 Å². The average Bonchev–Trinajstić information content (AvgIpc) is 2.68. The van der Waals surface area contributed by atoms with E-state index in [2.05, 4.69) is 15.6 Å². The van der Waals surface area contributed by atoms with Gasteiger partial charge in [0.25, 0.3) is 0 Å². The molecule has 0 aliphatic carbocycles. The number of amides is 1. The number of hydrogen-bond donors (Lipinski definition) is 2. The molecule has 1 aliphatic rings. The van der Waals surface area contributed by atoms with Gasteiger partial charge in [-0.1, -0.05) is 37.6 Å². The molecule has 1 unspecified atom stereocenters. The number of carbonyl (C=O) groups excluding carboxylic acids is 1. The summed E-state index contributed by atoms with van der Waals surface area (Å²) in [6.07, 6.45) is 1.75. The van der Waals surface area contributed by atoms with Gasteiger partial charge in [0.15, 0.2) is 5.96 Å². The van der Waals surface area contributed by atoms with Gasteiger partial charge < -0.3 is 20.3 Å². The van der Waals surface area contributed by atoms with Crippen LogP contribution in [0.15, 0.2) is 29.3 Å². The van der Waals surface area contributed by atoms with E-state index in [9.17, 15) is 4.79 Å². The number of benzene rings is 1. The summed E-state index contributed by atoms with van der Waals surface area (Å²) in [5.41, 5.74) is 0. The quantitative estimate of drug-likeness (QED) is 0.315. The molecule has 1 heterocycles. The van der Waals surface area contributed by atoms with Crippen molar-refractivity contribution in [2.75, 3.05) is 26.2 Å². The summed E-state index contributed by atoms with van der Waals surface area (Å²) in [5.74, 6) is 1.75. The molecule has 0 saturated carbocycles. The van der Waals surface area contributed by atoms with Crippen molar-refractivity contribution in [3.8, 4) is 5.75 Å². The van der Waals surface area contributed by atoms with Crippen LogP contribution in [0.3, 0.4) is 0 Å². The smallest absolute Gasteiger partial charge is 0.225 e. The van der Waals surface area contributed by atoms with Crippen molar-refractivity contribution in [3.63, 3.8) is 0 Å². The molecule has 0 spiro atoms. The first-order chi connectivity index (χ1) is 13.4. The van der Waals surface area contributed by atoms with E-state index in [4.69, 9.17) is 16.3 Å². The third-order valence-electron chi connectivity index (χ3n) is 4.66. The van der Waals surface area contributed by atoms with Crippen molar-refractivity contribution in [1.82, 2.24) is 15.5 Å². The Morgan fingerprint density at radius 2 is 1.93 bits per heavy atom. The van der Waals surface area contributed by atoms with Crippen LogP contribution in [0.1, 0.15) is 40.5 Å². The van der Waals surface area contributed by atoms with E-state index in [0.29, 0.717) is 23.4 Å². The molecule has 1 amide bonds. The molecule has 1 aromatic carbocycles. The number of halogens is 2. The summed E-state index contributed by atoms with van der Waals surface area (Å²) < 4.78 is 5.89. The fourth-order valence-electron chi connectivity index (χ4n) is 3.14. The fourth-order valence-corrected chi connectivity index (χ4v) is 3.32. The largest absolute Gasteiger partial charge is 0.487 e. The van der Waals surface area contributed by atoms with Crippen LogP contribution in [-0.2, 0) is 4.79 Å².